The maximum absolute atomic E-state index is 13.1. The molecule has 1 aromatic heterocycles. The minimum Gasteiger partial charge on any atom is -0.480 e. The third-order valence-electron chi connectivity index (χ3n) is 5.25. The summed E-state index contributed by atoms with van der Waals surface area (Å²) in [5, 5.41) is 16.3. The minimum atomic E-state index is -1.07. The first kappa shape index (κ1) is 23.7. The predicted octanol–water partition coefficient (Wildman–Crippen LogP) is 3.62. The SMILES string of the molecule is Cc1onc(-c2c(Cl)cccc2Cl)c1C(=O)N[C@@H]1C(=O)N2[C@@H]1SC(C)(C)[C@@H]2C(=O)O.Cl. The molecule has 12 heteroatoms. The Labute approximate surface area is 198 Å². The number of carboxylic acid groups (broad SMARTS) is 1. The van der Waals surface area contributed by atoms with E-state index in [1.807, 2.05) is 0 Å². The molecule has 3 atom stereocenters. The average molecular weight is 507 g/mol. The highest BCUT2D eigenvalue weighted by Gasteiger charge is 2.64. The molecular formula is C19H18Cl3N3O5S. The zero-order valence-corrected chi connectivity index (χ0v) is 19.7. The molecule has 166 valence electrons. The number of nitrogens with one attached hydrogen (secondary N) is 1. The van der Waals surface area contributed by atoms with Crippen molar-refractivity contribution in [1.29, 1.82) is 0 Å². The Bertz CT molecular complexity index is 1070. The number of aryl methyl sites for hydroxylation is 1. The molecule has 0 unspecified atom stereocenters. The fourth-order valence-electron chi connectivity index (χ4n) is 3.89. The number of rotatable bonds is 4. The van der Waals surface area contributed by atoms with Gasteiger partial charge in [0, 0.05) is 10.3 Å². The van der Waals surface area contributed by atoms with E-state index < -0.39 is 40.0 Å². The second-order valence-corrected chi connectivity index (χ2v) is 10.2. The van der Waals surface area contributed by atoms with Crippen molar-refractivity contribution in [2.45, 2.75) is 43.0 Å². The third-order valence-corrected chi connectivity index (χ3v) is 7.45. The fraction of sp³-hybridized carbons (Fsp3) is 0.368. The Morgan fingerprint density at radius 1 is 1.29 bits per heavy atom. The topological polar surface area (TPSA) is 113 Å². The van der Waals surface area contributed by atoms with Gasteiger partial charge in [0.15, 0.2) is 0 Å². The van der Waals surface area contributed by atoms with Gasteiger partial charge in [0.25, 0.3) is 5.91 Å². The van der Waals surface area contributed by atoms with E-state index in [9.17, 15) is 19.5 Å². The molecular weight excluding hydrogens is 489 g/mol. The van der Waals surface area contributed by atoms with Crippen LogP contribution < -0.4 is 5.32 Å². The van der Waals surface area contributed by atoms with Gasteiger partial charge in [0.05, 0.1) is 10.0 Å². The summed E-state index contributed by atoms with van der Waals surface area (Å²) in [6, 6.07) is 3.09. The Morgan fingerprint density at radius 2 is 1.90 bits per heavy atom. The number of nitrogens with zero attached hydrogens (tertiary/aromatic N) is 2. The van der Waals surface area contributed by atoms with Gasteiger partial charge in [-0.15, -0.1) is 24.2 Å². The van der Waals surface area contributed by atoms with E-state index in [-0.39, 0.29) is 29.4 Å². The summed E-state index contributed by atoms with van der Waals surface area (Å²) in [5.74, 6) is -1.84. The number of thioether (sulfide) groups is 1. The minimum absolute atomic E-state index is 0. The third kappa shape index (κ3) is 3.67. The van der Waals surface area contributed by atoms with Crippen LogP contribution in [-0.2, 0) is 9.59 Å². The average Bonchev–Trinajstić information content (AvgIpc) is 3.14. The van der Waals surface area contributed by atoms with E-state index in [0.717, 1.165) is 0 Å². The number of β-lactam (4-membered cyclic amide) rings is 1. The Hall–Kier alpha value is -1.94. The van der Waals surface area contributed by atoms with E-state index in [1.54, 1.807) is 39.0 Å². The van der Waals surface area contributed by atoms with Crippen LogP contribution in [0, 0.1) is 6.92 Å². The van der Waals surface area contributed by atoms with Crippen molar-refractivity contribution in [1.82, 2.24) is 15.4 Å². The lowest BCUT2D eigenvalue weighted by Crippen LogP contribution is -2.70. The van der Waals surface area contributed by atoms with Crippen LogP contribution in [0.5, 0.6) is 0 Å². The molecule has 0 bridgehead atoms. The lowest BCUT2D eigenvalue weighted by molar-refractivity contribution is -0.159. The van der Waals surface area contributed by atoms with Crippen LogP contribution in [-0.4, -0.2) is 55.2 Å². The number of hydrogen-bond donors (Lipinski definition) is 2. The zero-order chi connectivity index (χ0) is 22.0. The molecule has 3 heterocycles. The van der Waals surface area contributed by atoms with Crippen molar-refractivity contribution in [3.63, 3.8) is 0 Å². The molecule has 4 rings (SSSR count). The quantitative estimate of drug-likeness (QED) is 0.609. The number of carbonyl (C=O) groups is 3. The highest BCUT2D eigenvalue weighted by molar-refractivity contribution is 8.01. The Morgan fingerprint density at radius 3 is 2.48 bits per heavy atom. The molecule has 8 nitrogen and oxygen atoms in total. The van der Waals surface area contributed by atoms with Gasteiger partial charge in [0.1, 0.15) is 34.5 Å². The first-order valence-electron chi connectivity index (χ1n) is 8.99. The van der Waals surface area contributed by atoms with Crippen LogP contribution in [0.1, 0.15) is 30.0 Å². The zero-order valence-electron chi connectivity index (χ0n) is 16.5. The monoisotopic (exact) mass is 505 g/mol. The van der Waals surface area contributed by atoms with Crippen LogP contribution in [0.25, 0.3) is 11.3 Å². The van der Waals surface area contributed by atoms with Gasteiger partial charge in [0.2, 0.25) is 5.91 Å². The van der Waals surface area contributed by atoms with Crippen molar-refractivity contribution < 1.29 is 24.0 Å². The molecule has 1 aromatic carbocycles. The van der Waals surface area contributed by atoms with Crippen LogP contribution >= 0.6 is 47.4 Å². The highest BCUT2D eigenvalue weighted by atomic mass is 35.5. The molecule has 2 N–H and O–H groups in total. The molecule has 31 heavy (non-hydrogen) atoms. The molecule has 0 saturated carbocycles. The van der Waals surface area contributed by atoms with Gasteiger partial charge in [-0.25, -0.2) is 4.79 Å². The Balaban J connectivity index is 0.00000272. The number of halogens is 3. The molecule has 2 saturated heterocycles. The predicted molar refractivity (Wildman–Crippen MR) is 119 cm³/mol. The van der Waals surface area contributed by atoms with Gasteiger partial charge >= 0.3 is 5.97 Å². The number of carboxylic acids is 1. The summed E-state index contributed by atoms with van der Waals surface area (Å²) in [5.41, 5.74) is 0.645. The highest BCUT2D eigenvalue weighted by Crippen LogP contribution is 2.51. The van der Waals surface area contributed by atoms with Gasteiger partial charge in [-0.05, 0) is 32.9 Å². The van der Waals surface area contributed by atoms with E-state index in [1.165, 1.54) is 16.7 Å². The molecule has 2 fully saturated rings. The number of benzene rings is 1. The molecule has 2 amide bonds. The van der Waals surface area contributed by atoms with E-state index in [0.29, 0.717) is 15.6 Å². The molecule has 2 aliphatic heterocycles. The first-order valence-corrected chi connectivity index (χ1v) is 10.6. The normalized spacial score (nSPS) is 23.6. The number of carbonyl (C=O) groups excluding carboxylic acids is 2. The van der Waals surface area contributed by atoms with Crippen molar-refractivity contribution >= 4 is 65.2 Å². The van der Waals surface area contributed by atoms with Gasteiger partial charge in [-0.3, -0.25) is 9.59 Å². The van der Waals surface area contributed by atoms with Crippen LogP contribution in [0.2, 0.25) is 10.0 Å². The maximum atomic E-state index is 13.1. The lowest BCUT2D eigenvalue weighted by Gasteiger charge is -2.43. The van der Waals surface area contributed by atoms with E-state index >= 15 is 0 Å². The van der Waals surface area contributed by atoms with Crippen molar-refractivity contribution in [2.24, 2.45) is 0 Å². The number of aliphatic carboxylic acids is 1. The Kier molecular flexibility index (Phi) is 6.27. The molecule has 0 aliphatic carbocycles. The van der Waals surface area contributed by atoms with Crippen molar-refractivity contribution in [2.75, 3.05) is 0 Å². The number of hydrogen-bond acceptors (Lipinski definition) is 6. The van der Waals surface area contributed by atoms with Crippen LogP contribution in [0.3, 0.4) is 0 Å². The smallest absolute Gasteiger partial charge is 0.327 e. The van der Waals surface area contributed by atoms with E-state index in [2.05, 4.69) is 10.5 Å². The van der Waals surface area contributed by atoms with Crippen LogP contribution in [0.4, 0.5) is 0 Å². The van der Waals surface area contributed by atoms with E-state index in [4.69, 9.17) is 27.7 Å². The summed E-state index contributed by atoms with van der Waals surface area (Å²) in [6.45, 7) is 5.10. The van der Waals surface area contributed by atoms with Crippen molar-refractivity contribution in [3.05, 3.63) is 39.6 Å². The summed E-state index contributed by atoms with van der Waals surface area (Å²) >= 11 is 13.8. The molecule has 2 aromatic rings. The van der Waals surface area contributed by atoms with Gasteiger partial charge in [-0.2, -0.15) is 0 Å². The fourth-order valence-corrected chi connectivity index (χ4v) is 6.09. The summed E-state index contributed by atoms with van der Waals surface area (Å²) in [4.78, 5) is 38.7. The summed E-state index contributed by atoms with van der Waals surface area (Å²) < 4.78 is 4.52. The van der Waals surface area contributed by atoms with Crippen molar-refractivity contribution in [3.8, 4) is 11.3 Å². The number of amides is 2. The number of aromatic nitrogens is 1. The summed E-state index contributed by atoms with van der Waals surface area (Å²) in [7, 11) is 0. The van der Waals surface area contributed by atoms with Gasteiger partial charge in [-0.1, -0.05) is 34.4 Å². The summed E-state index contributed by atoms with van der Waals surface area (Å²) in [6.07, 6.45) is 0. The standard InChI is InChI=1S/C19H17Cl2N3O5S.ClH/c1-7-10(12(23-29-7)11-8(20)5-4-6-9(11)21)15(25)22-13-16(26)24-14(18(27)28)19(2,3)30-17(13)24;/h4-6,13-14,17H,1-3H3,(H,22,25)(H,27,28);1H/t13-,14+,17-;/m1./s1. The number of fused-ring (bicyclic) bond motifs is 1. The first-order chi connectivity index (χ1) is 14.0. The molecule has 0 spiro atoms. The van der Waals surface area contributed by atoms with Gasteiger partial charge < -0.3 is 19.8 Å². The van der Waals surface area contributed by atoms with Crippen LogP contribution in [0.15, 0.2) is 22.7 Å². The molecule has 0 radical (unpaired) electrons. The lowest BCUT2D eigenvalue weighted by atomic mass is 9.95. The maximum Gasteiger partial charge on any atom is 0.327 e. The molecule has 2 aliphatic rings. The second kappa shape index (κ2) is 8.20. The largest absolute Gasteiger partial charge is 0.480 e. The second-order valence-electron chi connectivity index (χ2n) is 7.61.